The molecule has 18 heavy (non-hydrogen) atoms. The van der Waals surface area contributed by atoms with E-state index in [1.165, 1.54) is 7.11 Å². The van der Waals surface area contributed by atoms with Crippen molar-refractivity contribution in [3.8, 4) is 0 Å². The van der Waals surface area contributed by atoms with Crippen molar-refractivity contribution in [3.05, 3.63) is 29.8 Å². The van der Waals surface area contributed by atoms with Crippen molar-refractivity contribution in [2.75, 3.05) is 18.6 Å². The Kier molecular flexibility index (Phi) is 4.01. The lowest BCUT2D eigenvalue weighted by atomic mass is 10.1. The molecule has 0 bridgehead atoms. The lowest BCUT2D eigenvalue weighted by Crippen LogP contribution is -2.26. The number of anilines is 1. The highest BCUT2D eigenvalue weighted by molar-refractivity contribution is 9.08. The summed E-state index contributed by atoms with van der Waals surface area (Å²) < 4.78 is 4.68. The number of alkyl halides is 1. The summed E-state index contributed by atoms with van der Waals surface area (Å²) in [6, 6.07) is 7.72. The lowest BCUT2D eigenvalue weighted by molar-refractivity contribution is -0.145. The molecule has 1 aromatic carbocycles. The fourth-order valence-corrected chi connectivity index (χ4v) is 2.42. The average molecular weight is 312 g/mol. The molecule has 0 aromatic heterocycles. The first-order valence-corrected chi connectivity index (χ1v) is 6.81. The Labute approximate surface area is 114 Å². The molecule has 4 nitrogen and oxygen atoms in total. The Morgan fingerprint density at radius 1 is 1.44 bits per heavy atom. The summed E-state index contributed by atoms with van der Waals surface area (Å²) >= 11 is 3.37. The quantitative estimate of drug-likeness (QED) is 0.634. The molecule has 0 N–H and O–H groups in total. The molecule has 1 atom stereocenters. The predicted octanol–water partition coefficient (Wildman–Crippen LogP) is 2.11. The third-order valence-corrected chi connectivity index (χ3v) is 3.71. The highest BCUT2D eigenvalue weighted by Gasteiger charge is 2.35. The van der Waals surface area contributed by atoms with Crippen LogP contribution in [0.1, 0.15) is 12.0 Å². The van der Waals surface area contributed by atoms with Gasteiger partial charge in [-0.2, -0.15) is 0 Å². The van der Waals surface area contributed by atoms with Gasteiger partial charge in [0.15, 0.2) is 0 Å². The van der Waals surface area contributed by atoms with Gasteiger partial charge in [0.05, 0.1) is 13.0 Å². The second kappa shape index (κ2) is 5.52. The first kappa shape index (κ1) is 13.1. The predicted molar refractivity (Wildman–Crippen MR) is 71.5 cm³/mol. The number of hydrogen-bond donors (Lipinski definition) is 0. The van der Waals surface area contributed by atoms with Crippen molar-refractivity contribution >= 4 is 33.5 Å². The number of hydrogen-bond acceptors (Lipinski definition) is 3. The van der Waals surface area contributed by atoms with Crippen LogP contribution in [0.3, 0.4) is 0 Å². The van der Waals surface area contributed by atoms with Crippen LogP contribution in [-0.4, -0.2) is 25.5 Å². The Balaban J connectivity index is 2.13. The molecule has 0 aliphatic carbocycles. The maximum absolute atomic E-state index is 11.9. The van der Waals surface area contributed by atoms with E-state index >= 15 is 0 Å². The van der Waals surface area contributed by atoms with E-state index in [9.17, 15) is 9.59 Å². The number of rotatable bonds is 3. The van der Waals surface area contributed by atoms with Gasteiger partial charge in [-0.25, -0.2) is 0 Å². The smallest absolute Gasteiger partial charge is 0.311 e. The second-order valence-electron chi connectivity index (χ2n) is 4.23. The number of amides is 1. The number of methoxy groups -OCH3 is 1. The fourth-order valence-electron chi connectivity index (χ4n) is 2.05. The van der Waals surface area contributed by atoms with Crippen LogP contribution in [0.15, 0.2) is 24.3 Å². The van der Waals surface area contributed by atoms with Crippen LogP contribution >= 0.6 is 15.9 Å². The summed E-state index contributed by atoms with van der Waals surface area (Å²) in [5.74, 6) is -0.696. The zero-order chi connectivity index (χ0) is 13.1. The van der Waals surface area contributed by atoms with E-state index in [1.54, 1.807) is 4.90 Å². The molecule has 1 aliphatic rings. The van der Waals surface area contributed by atoms with Crippen LogP contribution in [0, 0.1) is 5.92 Å². The Morgan fingerprint density at radius 3 is 2.67 bits per heavy atom. The number of esters is 1. The van der Waals surface area contributed by atoms with Crippen LogP contribution in [0.2, 0.25) is 0 Å². The summed E-state index contributed by atoms with van der Waals surface area (Å²) in [7, 11) is 1.35. The van der Waals surface area contributed by atoms with Crippen molar-refractivity contribution in [2.24, 2.45) is 5.92 Å². The molecule has 1 heterocycles. The molecule has 2 rings (SSSR count). The van der Waals surface area contributed by atoms with Crippen LogP contribution in [0.5, 0.6) is 0 Å². The third kappa shape index (κ3) is 2.56. The van der Waals surface area contributed by atoms with Crippen molar-refractivity contribution < 1.29 is 14.3 Å². The highest BCUT2D eigenvalue weighted by Crippen LogP contribution is 2.26. The van der Waals surface area contributed by atoms with Gasteiger partial charge in [0, 0.05) is 24.0 Å². The van der Waals surface area contributed by atoms with Gasteiger partial charge in [0.25, 0.3) is 0 Å². The van der Waals surface area contributed by atoms with Crippen LogP contribution in [-0.2, 0) is 19.7 Å². The number of nitrogens with zero attached hydrogens (tertiary/aromatic N) is 1. The van der Waals surface area contributed by atoms with Gasteiger partial charge in [0.1, 0.15) is 0 Å². The van der Waals surface area contributed by atoms with E-state index in [0.29, 0.717) is 6.54 Å². The summed E-state index contributed by atoms with van der Waals surface area (Å²) in [5.41, 5.74) is 1.98. The van der Waals surface area contributed by atoms with Gasteiger partial charge < -0.3 is 9.64 Å². The van der Waals surface area contributed by atoms with E-state index in [1.807, 2.05) is 24.3 Å². The van der Waals surface area contributed by atoms with Crippen molar-refractivity contribution in [2.45, 2.75) is 11.8 Å². The molecule has 1 amide bonds. The van der Waals surface area contributed by atoms with Crippen molar-refractivity contribution in [3.63, 3.8) is 0 Å². The van der Waals surface area contributed by atoms with Gasteiger partial charge in [0.2, 0.25) is 5.91 Å². The zero-order valence-electron chi connectivity index (χ0n) is 10.1. The molecule has 1 aliphatic heterocycles. The molecule has 0 unspecified atom stereocenters. The summed E-state index contributed by atoms with van der Waals surface area (Å²) in [6.07, 6.45) is 0.229. The molecule has 1 fully saturated rings. The number of carbonyl (C=O) groups is 2. The number of ether oxygens (including phenoxy) is 1. The normalized spacial score (nSPS) is 19.1. The lowest BCUT2D eigenvalue weighted by Gasteiger charge is -2.16. The fraction of sp³-hybridized carbons (Fsp3) is 0.385. The number of benzene rings is 1. The summed E-state index contributed by atoms with van der Waals surface area (Å²) in [5, 5.41) is 0.784. The molecule has 96 valence electrons. The van der Waals surface area contributed by atoms with E-state index < -0.39 is 0 Å². The van der Waals surface area contributed by atoms with Gasteiger partial charge in [-0.1, -0.05) is 28.1 Å². The van der Waals surface area contributed by atoms with E-state index in [0.717, 1.165) is 16.6 Å². The Morgan fingerprint density at radius 2 is 2.11 bits per heavy atom. The molecule has 0 saturated carbocycles. The molecular formula is C13H14BrNO3. The Bertz CT molecular complexity index is 458. The molecule has 1 aromatic rings. The van der Waals surface area contributed by atoms with Crippen LogP contribution in [0.25, 0.3) is 0 Å². The van der Waals surface area contributed by atoms with Crippen molar-refractivity contribution in [1.82, 2.24) is 0 Å². The maximum Gasteiger partial charge on any atom is 0.311 e. The number of halogens is 1. The van der Waals surface area contributed by atoms with E-state index in [4.69, 9.17) is 0 Å². The maximum atomic E-state index is 11.9. The SMILES string of the molecule is COC(=O)[C@H]1CC(=O)N(c2ccc(CBr)cc2)C1. The minimum Gasteiger partial charge on any atom is -0.469 e. The summed E-state index contributed by atoms with van der Waals surface area (Å²) in [4.78, 5) is 24.9. The average Bonchev–Trinajstić information content (AvgIpc) is 2.80. The molecular weight excluding hydrogens is 298 g/mol. The monoisotopic (exact) mass is 311 g/mol. The van der Waals surface area contributed by atoms with Crippen LogP contribution < -0.4 is 4.90 Å². The highest BCUT2D eigenvalue weighted by atomic mass is 79.9. The topological polar surface area (TPSA) is 46.6 Å². The van der Waals surface area contributed by atoms with Gasteiger partial charge in [-0.15, -0.1) is 0 Å². The largest absolute Gasteiger partial charge is 0.469 e. The van der Waals surface area contributed by atoms with Gasteiger partial charge in [-0.05, 0) is 17.7 Å². The first-order valence-electron chi connectivity index (χ1n) is 5.68. The molecule has 1 saturated heterocycles. The minimum absolute atomic E-state index is 0.0306. The Hall–Kier alpha value is -1.36. The first-order chi connectivity index (χ1) is 8.65. The van der Waals surface area contributed by atoms with E-state index in [2.05, 4.69) is 20.7 Å². The molecule has 5 heteroatoms. The zero-order valence-corrected chi connectivity index (χ0v) is 11.6. The standard InChI is InChI=1S/C13H14BrNO3/c1-18-13(17)10-6-12(16)15(8-10)11-4-2-9(7-14)3-5-11/h2-5,10H,6-8H2,1H3/t10-/m0/s1. The molecule has 0 radical (unpaired) electrons. The minimum atomic E-state index is -0.349. The third-order valence-electron chi connectivity index (χ3n) is 3.06. The van der Waals surface area contributed by atoms with Gasteiger partial charge >= 0.3 is 5.97 Å². The summed E-state index contributed by atoms with van der Waals surface area (Å²) in [6.45, 7) is 0.402. The van der Waals surface area contributed by atoms with Crippen molar-refractivity contribution in [1.29, 1.82) is 0 Å². The number of carbonyl (C=O) groups excluding carboxylic acids is 2. The van der Waals surface area contributed by atoms with Gasteiger partial charge in [-0.3, -0.25) is 9.59 Å². The van der Waals surface area contributed by atoms with E-state index in [-0.39, 0.29) is 24.2 Å². The second-order valence-corrected chi connectivity index (χ2v) is 4.79. The molecule has 0 spiro atoms. The van der Waals surface area contributed by atoms with Crippen LogP contribution in [0.4, 0.5) is 5.69 Å².